The van der Waals surface area contributed by atoms with Gasteiger partial charge in [-0.2, -0.15) is 0 Å². The van der Waals surface area contributed by atoms with Crippen molar-refractivity contribution in [2.24, 2.45) is 0 Å². The van der Waals surface area contributed by atoms with Crippen LogP contribution in [-0.2, 0) is 16.0 Å². The molecule has 0 aromatic carbocycles. The Kier molecular flexibility index (Phi) is 5.68. The molecule has 5 nitrogen and oxygen atoms in total. The van der Waals surface area contributed by atoms with E-state index in [1.54, 1.807) is 0 Å². The molecule has 1 N–H and O–H groups in total. The monoisotopic (exact) mass is 357 g/mol. The molecule has 3 heterocycles. The Hall–Kier alpha value is -0.430. The molecule has 1 aromatic heterocycles. The Morgan fingerprint density at radius 2 is 2.19 bits per heavy atom. The lowest BCUT2D eigenvalue weighted by Gasteiger charge is -2.24. The van der Waals surface area contributed by atoms with Crippen LogP contribution in [0.25, 0.3) is 0 Å². The number of piperidine rings is 1. The number of ether oxygens (including phenoxy) is 2. The minimum absolute atomic E-state index is 0.00644. The van der Waals surface area contributed by atoms with Gasteiger partial charge in [-0.1, -0.05) is 0 Å². The second kappa shape index (κ2) is 7.72. The van der Waals surface area contributed by atoms with Crippen molar-refractivity contribution in [3.63, 3.8) is 0 Å². The number of imidazole rings is 1. The predicted molar refractivity (Wildman–Crippen MR) is 84.3 cm³/mol. The first-order valence-corrected chi connectivity index (χ1v) is 8.79. The van der Waals surface area contributed by atoms with Gasteiger partial charge in [0.2, 0.25) is 0 Å². The summed E-state index contributed by atoms with van der Waals surface area (Å²) >= 11 is 3.51. The summed E-state index contributed by atoms with van der Waals surface area (Å²) in [5.74, 6) is 1.75. The van der Waals surface area contributed by atoms with Crippen molar-refractivity contribution in [1.82, 2.24) is 14.9 Å². The molecule has 118 valence electrons. The summed E-state index contributed by atoms with van der Waals surface area (Å²) in [5, 5.41) is 3.41. The van der Waals surface area contributed by atoms with E-state index in [0.29, 0.717) is 12.5 Å². The van der Waals surface area contributed by atoms with Crippen molar-refractivity contribution in [3.8, 4) is 0 Å². The first-order valence-electron chi connectivity index (χ1n) is 7.99. The molecule has 21 heavy (non-hydrogen) atoms. The zero-order valence-electron chi connectivity index (χ0n) is 12.4. The average Bonchev–Trinajstić information content (AvgIpc) is 2.90. The van der Waals surface area contributed by atoms with Gasteiger partial charge < -0.3 is 19.4 Å². The van der Waals surface area contributed by atoms with E-state index >= 15 is 0 Å². The topological polar surface area (TPSA) is 48.3 Å². The van der Waals surface area contributed by atoms with Crippen LogP contribution in [0.5, 0.6) is 0 Å². The lowest BCUT2D eigenvalue weighted by molar-refractivity contribution is -0.163. The molecule has 2 saturated heterocycles. The van der Waals surface area contributed by atoms with Crippen LogP contribution in [0.4, 0.5) is 0 Å². The number of hydrogen-bond donors (Lipinski definition) is 1. The summed E-state index contributed by atoms with van der Waals surface area (Å²) < 4.78 is 14.6. The fraction of sp³-hybridized carbons (Fsp3) is 0.800. The molecule has 3 rings (SSSR count). The van der Waals surface area contributed by atoms with Crippen LogP contribution in [0, 0.1) is 0 Å². The summed E-state index contributed by atoms with van der Waals surface area (Å²) in [6.07, 6.45) is 7.78. The third kappa shape index (κ3) is 4.28. The number of nitrogens with one attached hydrogen (secondary N) is 1. The van der Waals surface area contributed by atoms with Crippen LogP contribution >= 0.6 is 15.9 Å². The number of hydrogen-bond acceptors (Lipinski definition) is 4. The zero-order valence-corrected chi connectivity index (χ0v) is 14.0. The van der Waals surface area contributed by atoms with Gasteiger partial charge in [0.15, 0.2) is 6.29 Å². The van der Waals surface area contributed by atoms with Crippen molar-refractivity contribution >= 4 is 15.9 Å². The largest absolute Gasteiger partial charge is 0.353 e. The Labute approximate surface area is 134 Å². The van der Waals surface area contributed by atoms with Gasteiger partial charge in [-0.25, -0.2) is 4.98 Å². The van der Waals surface area contributed by atoms with Crippen molar-refractivity contribution in [2.75, 3.05) is 26.3 Å². The highest BCUT2D eigenvalue weighted by Crippen LogP contribution is 2.26. The van der Waals surface area contributed by atoms with Crippen LogP contribution in [0.3, 0.4) is 0 Å². The van der Waals surface area contributed by atoms with Gasteiger partial charge in [0.1, 0.15) is 10.4 Å². The number of halogens is 1. The van der Waals surface area contributed by atoms with E-state index in [4.69, 9.17) is 9.47 Å². The molecule has 2 aliphatic heterocycles. The lowest BCUT2D eigenvalue weighted by atomic mass is 9.97. The normalized spacial score (nSPS) is 24.3. The van der Waals surface area contributed by atoms with E-state index in [1.807, 2.05) is 0 Å². The Morgan fingerprint density at radius 3 is 2.95 bits per heavy atom. The summed E-state index contributed by atoms with van der Waals surface area (Å²) in [5.41, 5.74) is 0. The molecule has 0 saturated carbocycles. The van der Waals surface area contributed by atoms with Gasteiger partial charge in [-0.05, 0) is 61.1 Å². The summed E-state index contributed by atoms with van der Waals surface area (Å²) in [6, 6.07) is 0. The van der Waals surface area contributed by atoms with Gasteiger partial charge in [-0.15, -0.1) is 0 Å². The first-order chi connectivity index (χ1) is 10.3. The highest BCUT2D eigenvalue weighted by atomic mass is 79.9. The molecule has 0 amide bonds. The molecule has 1 aromatic rings. The quantitative estimate of drug-likeness (QED) is 0.879. The standard InChI is InChI=1S/C15H24BrN3O2/c16-13-11-19(8-10-21-14-3-1-2-9-20-14)15(18-13)12-4-6-17-7-5-12/h11-12,14,17H,1-10H2. The number of nitrogens with zero attached hydrogens (tertiary/aromatic N) is 2. The summed E-state index contributed by atoms with van der Waals surface area (Å²) in [4.78, 5) is 4.66. The predicted octanol–water partition coefficient (Wildman–Crippen LogP) is 2.66. The highest BCUT2D eigenvalue weighted by molar-refractivity contribution is 9.10. The molecule has 1 atom stereocenters. The zero-order chi connectivity index (χ0) is 14.5. The molecule has 1 unspecified atom stereocenters. The maximum absolute atomic E-state index is 5.84. The minimum Gasteiger partial charge on any atom is -0.353 e. The Morgan fingerprint density at radius 1 is 1.33 bits per heavy atom. The molecule has 2 aliphatic rings. The SMILES string of the molecule is Brc1cn(CCOC2CCCCO2)c(C2CCNCC2)n1. The van der Waals surface area contributed by atoms with Gasteiger partial charge >= 0.3 is 0 Å². The highest BCUT2D eigenvalue weighted by Gasteiger charge is 2.21. The number of rotatable bonds is 5. The van der Waals surface area contributed by atoms with Crippen LogP contribution in [0.15, 0.2) is 10.8 Å². The van der Waals surface area contributed by atoms with E-state index in [0.717, 1.165) is 56.5 Å². The molecular weight excluding hydrogens is 334 g/mol. The van der Waals surface area contributed by atoms with Gasteiger partial charge in [0.05, 0.1) is 6.61 Å². The molecule has 0 bridgehead atoms. The van der Waals surface area contributed by atoms with Crippen molar-refractivity contribution < 1.29 is 9.47 Å². The van der Waals surface area contributed by atoms with E-state index in [2.05, 4.69) is 37.0 Å². The van der Waals surface area contributed by atoms with Crippen LogP contribution < -0.4 is 5.32 Å². The van der Waals surface area contributed by atoms with Gasteiger partial charge in [-0.3, -0.25) is 0 Å². The maximum Gasteiger partial charge on any atom is 0.157 e. The van der Waals surface area contributed by atoms with E-state index in [1.165, 1.54) is 12.2 Å². The third-order valence-electron chi connectivity index (χ3n) is 4.26. The lowest BCUT2D eigenvalue weighted by Crippen LogP contribution is -2.28. The van der Waals surface area contributed by atoms with E-state index < -0.39 is 0 Å². The summed E-state index contributed by atoms with van der Waals surface area (Å²) in [6.45, 7) is 4.54. The van der Waals surface area contributed by atoms with Gasteiger partial charge in [0.25, 0.3) is 0 Å². The second-order valence-corrected chi connectivity index (χ2v) is 6.62. The maximum atomic E-state index is 5.84. The molecule has 0 radical (unpaired) electrons. The summed E-state index contributed by atoms with van der Waals surface area (Å²) in [7, 11) is 0. The van der Waals surface area contributed by atoms with E-state index in [9.17, 15) is 0 Å². The third-order valence-corrected chi connectivity index (χ3v) is 4.64. The fourth-order valence-corrected chi connectivity index (χ4v) is 3.54. The minimum atomic E-state index is -0.00644. The molecule has 0 spiro atoms. The smallest absolute Gasteiger partial charge is 0.157 e. The molecule has 2 fully saturated rings. The average molecular weight is 358 g/mol. The molecular formula is C15H24BrN3O2. The molecule has 0 aliphatic carbocycles. The molecule has 6 heteroatoms. The van der Waals surface area contributed by atoms with Crippen molar-refractivity contribution in [3.05, 3.63) is 16.6 Å². The van der Waals surface area contributed by atoms with E-state index in [-0.39, 0.29) is 6.29 Å². The first kappa shape index (κ1) is 15.5. The van der Waals surface area contributed by atoms with Crippen molar-refractivity contribution in [1.29, 1.82) is 0 Å². The fourth-order valence-electron chi connectivity index (χ4n) is 3.11. The van der Waals surface area contributed by atoms with Crippen LogP contribution in [0.1, 0.15) is 43.8 Å². The number of aromatic nitrogens is 2. The van der Waals surface area contributed by atoms with Crippen LogP contribution in [-0.4, -0.2) is 42.1 Å². The Balaban J connectivity index is 1.54. The van der Waals surface area contributed by atoms with Crippen LogP contribution in [0.2, 0.25) is 0 Å². The van der Waals surface area contributed by atoms with Crippen molar-refractivity contribution in [2.45, 2.75) is 50.9 Å². The second-order valence-electron chi connectivity index (χ2n) is 5.81. The Bertz CT molecular complexity index is 440. The van der Waals surface area contributed by atoms with Gasteiger partial charge in [0, 0.05) is 25.3 Å².